The van der Waals surface area contributed by atoms with Gasteiger partial charge in [-0.15, -0.1) is 0 Å². The monoisotopic (exact) mass is 507 g/mol. The Morgan fingerprint density at radius 1 is 1.03 bits per heavy atom. The Labute approximate surface area is 211 Å². The highest BCUT2D eigenvalue weighted by Gasteiger charge is 2.45. The van der Waals surface area contributed by atoms with Gasteiger partial charge in [0.15, 0.2) is 0 Å². The summed E-state index contributed by atoms with van der Waals surface area (Å²) in [6.45, 7) is 0.468. The van der Waals surface area contributed by atoms with E-state index in [0.29, 0.717) is 11.1 Å². The number of anilines is 1. The van der Waals surface area contributed by atoms with Gasteiger partial charge in [-0.25, -0.2) is 0 Å². The number of rotatable bonds is 6. The molecule has 5 rings (SSSR count). The Morgan fingerprint density at radius 2 is 1.78 bits per heavy atom. The number of hydrogen-bond acceptors (Lipinski definition) is 3. The number of nitrogens with one attached hydrogen (secondary N) is 2. The molecule has 6 nitrogen and oxygen atoms in total. The van der Waals surface area contributed by atoms with Crippen LogP contribution in [0, 0.1) is 0 Å². The Hall–Kier alpha value is -4.11. The van der Waals surface area contributed by atoms with Crippen molar-refractivity contribution in [2.45, 2.75) is 18.1 Å². The van der Waals surface area contributed by atoms with Crippen LogP contribution in [0.25, 0.3) is 10.9 Å². The number of H-pyrrole nitrogens is 1. The molecule has 9 heteroatoms. The molecule has 1 aliphatic heterocycles. The first kappa shape index (κ1) is 24.6. The third-order valence-electron chi connectivity index (χ3n) is 6.65. The van der Waals surface area contributed by atoms with Gasteiger partial charge in [0.25, 0.3) is 5.91 Å². The van der Waals surface area contributed by atoms with Crippen molar-refractivity contribution in [2.24, 2.45) is 0 Å². The van der Waals surface area contributed by atoms with Gasteiger partial charge in [0.1, 0.15) is 0 Å². The summed E-state index contributed by atoms with van der Waals surface area (Å²) in [5, 5.41) is 3.52. The third kappa shape index (κ3) is 4.58. The number of aromatic amines is 1. The number of aromatic nitrogens is 1. The number of nitrogens with zero attached hydrogens (tertiary/aromatic N) is 1. The number of para-hydroxylation sites is 1. The summed E-state index contributed by atoms with van der Waals surface area (Å²) in [7, 11) is 1.53. The van der Waals surface area contributed by atoms with Crippen molar-refractivity contribution < 1.29 is 27.5 Å². The van der Waals surface area contributed by atoms with Gasteiger partial charge >= 0.3 is 6.18 Å². The van der Waals surface area contributed by atoms with Gasteiger partial charge < -0.3 is 19.9 Å². The molecule has 1 aromatic heterocycles. The molecule has 1 aliphatic rings. The molecule has 4 aromatic rings. The first-order valence-corrected chi connectivity index (χ1v) is 11.7. The molecule has 37 heavy (non-hydrogen) atoms. The summed E-state index contributed by atoms with van der Waals surface area (Å²) in [6, 6.07) is 18.2. The lowest BCUT2D eigenvalue weighted by molar-refractivity contribution is -0.137. The predicted octanol–water partition coefficient (Wildman–Crippen LogP) is 5.75. The van der Waals surface area contributed by atoms with Crippen LogP contribution in [0.4, 0.5) is 18.9 Å². The van der Waals surface area contributed by atoms with Gasteiger partial charge in [-0.05, 0) is 35.9 Å². The predicted molar refractivity (Wildman–Crippen MR) is 133 cm³/mol. The largest absolute Gasteiger partial charge is 0.416 e. The molecule has 2 heterocycles. The van der Waals surface area contributed by atoms with Crippen LogP contribution < -0.4 is 5.32 Å². The highest BCUT2D eigenvalue weighted by atomic mass is 19.4. The topological polar surface area (TPSA) is 74.4 Å². The second-order valence-electron chi connectivity index (χ2n) is 8.86. The molecule has 2 N–H and O–H groups in total. The molecule has 0 radical (unpaired) electrons. The standard InChI is InChI=1S/C28H24F3N3O3/c1-37-14-13-34-25(22-16-32-23-12-5-4-9-19(22)23)24(20-10-2-3-11-21(20)27(34)36)26(35)33-18-8-6-7-17(15-18)28(29,30)31/h2-12,15-16,24-25,32H,13-14H2,1H3,(H,33,35)/t24-,25+/m0/s1. The van der Waals surface area contributed by atoms with Crippen LogP contribution in [0.1, 0.15) is 39.0 Å². The van der Waals surface area contributed by atoms with Gasteiger partial charge in [0.05, 0.1) is 24.1 Å². The van der Waals surface area contributed by atoms with E-state index >= 15 is 0 Å². The molecule has 3 aromatic carbocycles. The minimum Gasteiger partial charge on any atom is -0.383 e. The van der Waals surface area contributed by atoms with Crippen LogP contribution in [-0.4, -0.2) is 42.0 Å². The Bertz CT molecular complexity index is 1460. The van der Waals surface area contributed by atoms with Crippen LogP contribution in [0.5, 0.6) is 0 Å². The van der Waals surface area contributed by atoms with Crippen molar-refractivity contribution in [3.05, 3.63) is 101 Å². The average molecular weight is 508 g/mol. The van der Waals surface area contributed by atoms with E-state index in [1.165, 1.54) is 19.2 Å². The second kappa shape index (κ2) is 9.74. The van der Waals surface area contributed by atoms with Gasteiger partial charge in [-0.1, -0.05) is 42.5 Å². The van der Waals surface area contributed by atoms with Crippen LogP contribution in [0.15, 0.2) is 79.0 Å². The summed E-state index contributed by atoms with van der Waals surface area (Å²) in [5.74, 6) is -1.65. The van der Waals surface area contributed by atoms with Crippen LogP contribution in [-0.2, 0) is 15.7 Å². The van der Waals surface area contributed by atoms with Crippen molar-refractivity contribution in [1.82, 2.24) is 9.88 Å². The van der Waals surface area contributed by atoms with Gasteiger partial charge in [0.2, 0.25) is 5.91 Å². The van der Waals surface area contributed by atoms with Crippen molar-refractivity contribution in [1.29, 1.82) is 0 Å². The molecular formula is C28H24F3N3O3. The molecule has 0 bridgehead atoms. The number of benzene rings is 3. The third-order valence-corrected chi connectivity index (χ3v) is 6.65. The number of alkyl halides is 3. The lowest BCUT2D eigenvalue weighted by Gasteiger charge is -2.41. The van der Waals surface area contributed by atoms with E-state index in [2.05, 4.69) is 10.3 Å². The number of ether oxygens (including phenoxy) is 1. The van der Waals surface area contributed by atoms with Crippen molar-refractivity contribution in [2.75, 3.05) is 25.6 Å². The van der Waals surface area contributed by atoms with Gasteiger partial charge in [-0.2, -0.15) is 13.2 Å². The zero-order valence-electron chi connectivity index (χ0n) is 19.9. The molecule has 0 saturated carbocycles. The van der Waals surface area contributed by atoms with Gasteiger partial charge in [-0.3, -0.25) is 9.59 Å². The van der Waals surface area contributed by atoms with Crippen molar-refractivity contribution in [3.63, 3.8) is 0 Å². The Morgan fingerprint density at radius 3 is 2.57 bits per heavy atom. The fourth-order valence-corrected chi connectivity index (χ4v) is 4.99. The SMILES string of the molecule is COCCN1C(=O)c2ccccc2[C@H](C(=O)Nc2cccc(C(F)(F)F)c2)[C@H]1c1c[nH]c2ccccc12. The minimum absolute atomic E-state index is 0.0234. The Balaban J connectivity index is 1.64. The van der Waals surface area contributed by atoms with Crippen LogP contribution in [0.3, 0.4) is 0 Å². The van der Waals surface area contributed by atoms with E-state index in [1.54, 1.807) is 35.4 Å². The molecule has 0 fully saturated rings. The quantitative estimate of drug-likeness (QED) is 0.349. The lowest BCUT2D eigenvalue weighted by Crippen LogP contribution is -2.47. The number of carbonyl (C=O) groups excluding carboxylic acids is 2. The van der Waals surface area contributed by atoms with Crippen molar-refractivity contribution >= 4 is 28.4 Å². The van der Waals surface area contributed by atoms with Crippen LogP contribution >= 0.6 is 0 Å². The number of methoxy groups -OCH3 is 1. The summed E-state index contributed by atoms with van der Waals surface area (Å²) in [6.07, 6.45) is -2.77. The molecule has 0 aliphatic carbocycles. The number of carbonyl (C=O) groups is 2. The van der Waals surface area contributed by atoms with Crippen LogP contribution in [0.2, 0.25) is 0 Å². The molecule has 2 amide bonds. The highest BCUT2D eigenvalue weighted by molar-refractivity contribution is 6.05. The fourth-order valence-electron chi connectivity index (χ4n) is 4.99. The average Bonchev–Trinajstić information content (AvgIpc) is 3.31. The maximum atomic E-state index is 13.9. The maximum Gasteiger partial charge on any atom is 0.416 e. The highest BCUT2D eigenvalue weighted by Crippen LogP contribution is 2.45. The van der Waals surface area contributed by atoms with E-state index < -0.39 is 29.6 Å². The first-order valence-electron chi connectivity index (χ1n) is 11.7. The number of hydrogen-bond donors (Lipinski definition) is 2. The summed E-state index contributed by atoms with van der Waals surface area (Å²) >= 11 is 0. The van der Waals surface area contributed by atoms with Crippen molar-refractivity contribution in [3.8, 4) is 0 Å². The molecular weight excluding hydrogens is 483 g/mol. The van der Waals surface area contributed by atoms with Gasteiger partial charge in [0, 0.05) is 47.6 Å². The van der Waals surface area contributed by atoms with E-state index in [4.69, 9.17) is 4.74 Å². The second-order valence-corrected chi connectivity index (χ2v) is 8.86. The normalized spacial score (nSPS) is 17.6. The molecule has 0 unspecified atom stereocenters. The van der Waals surface area contributed by atoms with E-state index in [0.717, 1.165) is 28.6 Å². The zero-order chi connectivity index (χ0) is 26.2. The molecule has 0 saturated heterocycles. The number of amides is 2. The minimum atomic E-state index is -4.55. The van der Waals surface area contributed by atoms with E-state index in [9.17, 15) is 22.8 Å². The first-order chi connectivity index (χ1) is 17.8. The number of halogens is 3. The summed E-state index contributed by atoms with van der Waals surface area (Å²) < 4.78 is 45.1. The number of fused-ring (bicyclic) bond motifs is 2. The Kier molecular flexibility index (Phi) is 6.47. The fraction of sp³-hybridized carbons (Fsp3) is 0.214. The molecule has 0 spiro atoms. The smallest absolute Gasteiger partial charge is 0.383 e. The lowest BCUT2D eigenvalue weighted by atomic mass is 9.79. The summed E-state index contributed by atoms with van der Waals surface area (Å²) in [4.78, 5) is 32.4. The molecule has 2 atom stereocenters. The van der Waals surface area contributed by atoms with E-state index in [1.807, 2.05) is 24.3 Å². The summed E-state index contributed by atoms with van der Waals surface area (Å²) in [5.41, 5.74) is 1.63. The van der Waals surface area contributed by atoms with E-state index in [-0.39, 0.29) is 24.7 Å². The maximum absolute atomic E-state index is 13.9. The zero-order valence-corrected chi connectivity index (χ0v) is 19.9. The molecule has 190 valence electrons.